The van der Waals surface area contributed by atoms with Crippen LogP contribution in [0.2, 0.25) is 0 Å². The summed E-state index contributed by atoms with van der Waals surface area (Å²) in [6.45, 7) is 0. The Kier molecular flexibility index (Phi) is 4.88. The van der Waals surface area contributed by atoms with E-state index < -0.39 is 19.1 Å². The second-order valence-electron chi connectivity index (χ2n) is 5.39. The third kappa shape index (κ3) is 3.79. The van der Waals surface area contributed by atoms with E-state index in [1.54, 1.807) is 12.4 Å². The lowest BCUT2D eigenvalue weighted by atomic mass is 9.92. The van der Waals surface area contributed by atoms with Gasteiger partial charge in [0.25, 0.3) is 5.91 Å². The number of amides is 1. The smallest absolute Gasteiger partial charge is 0.426 e. The Bertz CT molecular complexity index is 752. The number of pyridine rings is 1. The molecule has 1 aliphatic rings. The van der Waals surface area contributed by atoms with Crippen molar-refractivity contribution in [2.75, 3.05) is 6.44 Å². The molecule has 1 amide bonds. The molecule has 2 heterocycles. The van der Waals surface area contributed by atoms with E-state index in [1.807, 2.05) is 36.4 Å². The van der Waals surface area contributed by atoms with E-state index in [4.69, 9.17) is 14.9 Å². The summed E-state index contributed by atoms with van der Waals surface area (Å²) in [6, 6.07) is 11.8. The first-order valence-electron chi connectivity index (χ1n) is 7.51. The average Bonchev–Trinajstić information content (AvgIpc) is 3.11. The molecule has 3 N–H and O–H groups in total. The van der Waals surface area contributed by atoms with Crippen LogP contribution in [0, 0.1) is 0 Å². The van der Waals surface area contributed by atoms with Gasteiger partial charge in [-0.25, -0.2) is 0 Å². The summed E-state index contributed by atoms with van der Waals surface area (Å²) in [5.41, 5.74) is 3.41. The maximum atomic E-state index is 11.9. The van der Waals surface area contributed by atoms with Crippen molar-refractivity contribution in [3.05, 3.63) is 54.4 Å². The molecule has 0 aliphatic carbocycles. The fraction of sp³-hybridized carbons (Fsp3) is 0.188. The molecule has 0 fully saturated rings. The number of oxime groups is 1. The molecule has 1 atom stereocenters. The molecule has 0 saturated carbocycles. The molecule has 1 unspecified atom stereocenters. The Morgan fingerprint density at radius 1 is 1.21 bits per heavy atom. The third-order valence-corrected chi connectivity index (χ3v) is 3.60. The summed E-state index contributed by atoms with van der Waals surface area (Å²) in [4.78, 5) is 21.2. The summed E-state index contributed by atoms with van der Waals surface area (Å²) >= 11 is 0. The van der Waals surface area contributed by atoms with Crippen molar-refractivity contribution in [1.29, 1.82) is 0 Å². The molecular formula is C16H16BN3O4. The van der Waals surface area contributed by atoms with Crippen LogP contribution in [0.15, 0.2) is 53.9 Å². The minimum atomic E-state index is -1.59. The number of nitrogens with zero attached hydrogens (tertiary/aromatic N) is 2. The summed E-state index contributed by atoms with van der Waals surface area (Å²) in [5, 5.41) is 23.9. The molecule has 0 radical (unpaired) electrons. The van der Waals surface area contributed by atoms with Crippen LogP contribution < -0.4 is 5.32 Å². The van der Waals surface area contributed by atoms with Crippen LogP contribution in [0.3, 0.4) is 0 Å². The van der Waals surface area contributed by atoms with Gasteiger partial charge in [-0.05, 0) is 11.6 Å². The van der Waals surface area contributed by atoms with Gasteiger partial charge in [0.15, 0.2) is 0 Å². The predicted octanol–water partition coefficient (Wildman–Crippen LogP) is 0.370. The van der Waals surface area contributed by atoms with Gasteiger partial charge >= 0.3 is 7.12 Å². The largest absolute Gasteiger partial charge is 0.472 e. The number of carbonyl (C=O) groups is 1. The van der Waals surface area contributed by atoms with Crippen molar-refractivity contribution >= 4 is 18.7 Å². The van der Waals surface area contributed by atoms with Crippen molar-refractivity contribution in [3.63, 3.8) is 0 Å². The Morgan fingerprint density at radius 3 is 2.71 bits per heavy atom. The van der Waals surface area contributed by atoms with Crippen molar-refractivity contribution < 1.29 is 19.7 Å². The highest BCUT2D eigenvalue weighted by molar-refractivity contribution is 6.41. The molecule has 0 spiro atoms. The molecule has 7 nitrogen and oxygen atoms in total. The van der Waals surface area contributed by atoms with Crippen molar-refractivity contribution in [2.45, 2.75) is 12.5 Å². The Balaban J connectivity index is 1.69. The maximum Gasteiger partial charge on any atom is 0.472 e. The average molecular weight is 325 g/mol. The van der Waals surface area contributed by atoms with Gasteiger partial charge < -0.3 is 20.2 Å². The summed E-state index contributed by atoms with van der Waals surface area (Å²) in [6.07, 6.45) is 2.71. The summed E-state index contributed by atoms with van der Waals surface area (Å²) in [7, 11) is -1.59. The predicted molar refractivity (Wildman–Crippen MR) is 88.9 cm³/mol. The molecule has 0 bridgehead atoms. The van der Waals surface area contributed by atoms with E-state index in [9.17, 15) is 4.79 Å². The van der Waals surface area contributed by atoms with Crippen LogP contribution in [0.4, 0.5) is 0 Å². The Labute approximate surface area is 139 Å². The minimum absolute atomic E-state index is 0.251. The second-order valence-corrected chi connectivity index (χ2v) is 5.39. The minimum Gasteiger partial charge on any atom is -0.426 e. The van der Waals surface area contributed by atoms with Gasteiger partial charge in [-0.1, -0.05) is 35.5 Å². The van der Waals surface area contributed by atoms with Gasteiger partial charge in [-0.2, -0.15) is 0 Å². The van der Waals surface area contributed by atoms with E-state index in [0.29, 0.717) is 12.1 Å². The molecule has 2 aromatic rings. The van der Waals surface area contributed by atoms with Crippen LogP contribution >= 0.6 is 0 Å². The Morgan fingerprint density at radius 2 is 1.96 bits per heavy atom. The molecule has 1 aromatic carbocycles. The van der Waals surface area contributed by atoms with Gasteiger partial charge in [0.05, 0.1) is 12.2 Å². The number of hydrogen-bond donors (Lipinski definition) is 3. The van der Waals surface area contributed by atoms with Crippen molar-refractivity contribution in [1.82, 2.24) is 10.3 Å². The first kappa shape index (κ1) is 16.2. The van der Waals surface area contributed by atoms with E-state index >= 15 is 0 Å². The van der Waals surface area contributed by atoms with Crippen molar-refractivity contribution in [2.24, 2.45) is 5.16 Å². The highest BCUT2D eigenvalue weighted by Crippen LogP contribution is 2.22. The lowest BCUT2D eigenvalue weighted by Gasteiger charge is -2.08. The molecule has 3 rings (SSSR count). The van der Waals surface area contributed by atoms with E-state index in [1.165, 1.54) is 0 Å². The number of hydrogen-bond acceptors (Lipinski definition) is 6. The number of benzene rings is 1. The van der Waals surface area contributed by atoms with Gasteiger partial charge in [0.1, 0.15) is 0 Å². The Hall–Kier alpha value is -2.71. The lowest BCUT2D eigenvalue weighted by Crippen LogP contribution is -2.41. The zero-order chi connectivity index (χ0) is 16.9. The summed E-state index contributed by atoms with van der Waals surface area (Å²) < 4.78 is 0. The monoisotopic (exact) mass is 325 g/mol. The van der Waals surface area contributed by atoms with Crippen LogP contribution in [-0.2, 0) is 9.63 Å². The normalized spacial score (nSPS) is 16.2. The van der Waals surface area contributed by atoms with Gasteiger partial charge in [-0.15, -0.1) is 0 Å². The van der Waals surface area contributed by atoms with Crippen LogP contribution in [0.5, 0.6) is 0 Å². The molecule has 122 valence electrons. The van der Waals surface area contributed by atoms with E-state index in [0.717, 1.165) is 16.7 Å². The van der Waals surface area contributed by atoms with Crippen molar-refractivity contribution in [3.8, 4) is 11.1 Å². The quantitative estimate of drug-likeness (QED) is 0.689. The van der Waals surface area contributed by atoms with Crippen LogP contribution in [0.25, 0.3) is 11.1 Å². The molecule has 8 heteroatoms. The van der Waals surface area contributed by atoms with Gasteiger partial charge in [0, 0.05) is 29.9 Å². The molecule has 1 aliphatic heterocycles. The maximum absolute atomic E-state index is 11.9. The zero-order valence-electron chi connectivity index (χ0n) is 12.8. The lowest BCUT2D eigenvalue weighted by molar-refractivity contribution is -0.130. The fourth-order valence-corrected chi connectivity index (χ4v) is 2.38. The fourth-order valence-electron chi connectivity index (χ4n) is 2.38. The zero-order valence-corrected chi connectivity index (χ0v) is 12.8. The molecular weight excluding hydrogens is 309 g/mol. The van der Waals surface area contributed by atoms with Gasteiger partial charge in [-0.3, -0.25) is 9.78 Å². The molecule has 1 aromatic heterocycles. The summed E-state index contributed by atoms with van der Waals surface area (Å²) in [5.74, 6) is -0.436. The number of rotatable bonds is 5. The van der Waals surface area contributed by atoms with Gasteiger partial charge in [0.2, 0.25) is 6.10 Å². The number of aromatic nitrogens is 1. The van der Waals surface area contributed by atoms with Crippen LogP contribution in [0.1, 0.15) is 12.0 Å². The first-order chi connectivity index (χ1) is 11.6. The van der Waals surface area contributed by atoms with E-state index in [-0.39, 0.29) is 6.44 Å². The second kappa shape index (κ2) is 7.24. The standard InChI is InChI=1S/C16H16BN3O4/c21-16(19-10-17(22)23)15-7-14(20-24-15)13-6-12(8-18-9-13)11-4-2-1-3-5-11/h1-6,8-9,15,22-23H,7,10H2,(H,19,21). The number of carbonyl (C=O) groups excluding carboxylic acids is 1. The molecule has 0 saturated heterocycles. The highest BCUT2D eigenvalue weighted by atomic mass is 16.6. The molecule has 24 heavy (non-hydrogen) atoms. The highest BCUT2D eigenvalue weighted by Gasteiger charge is 2.29. The SMILES string of the molecule is O=C(NCB(O)O)C1CC(c2cncc(-c3ccccc3)c2)=NO1. The topological polar surface area (TPSA) is 104 Å². The van der Waals surface area contributed by atoms with E-state index in [2.05, 4.69) is 15.5 Å². The number of nitrogens with one attached hydrogen (secondary N) is 1. The first-order valence-corrected chi connectivity index (χ1v) is 7.51. The third-order valence-electron chi connectivity index (χ3n) is 3.60. The van der Waals surface area contributed by atoms with Crippen LogP contribution in [-0.4, -0.2) is 46.3 Å².